The fourth-order valence-electron chi connectivity index (χ4n) is 2.57. The molecule has 0 atom stereocenters. The molecule has 0 aliphatic heterocycles. The van der Waals surface area contributed by atoms with Crippen molar-refractivity contribution in [3.63, 3.8) is 0 Å². The van der Waals surface area contributed by atoms with E-state index in [0.717, 1.165) is 26.2 Å². The second-order valence-corrected chi connectivity index (χ2v) is 6.57. The maximum absolute atomic E-state index is 3.48. The Labute approximate surface area is 126 Å². The molecule has 0 saturated heterocycles. The van der Waals surface area contributed by atoms with Crippen LogP contribution in [-0.2, 0) is 13.1 Å². The van der Waals surface area contributed by atoms with Crippen molar-refractivity contribution >= 4 is 21.4 Å². The third-order valence-corrected chi connectivity index (χ3v) is 5.03. The van der Waals surface area contributed by atoms with Gasteiger partial charge in [0.1, 0.15) is 0 Å². The third-order valence-electron chi connectivity index (χ3n) is 3.82. The van der Waals surface area contributed by atoms with Gasteiger partial charge in [-0.1, -0.05) is 32.0 Å². The molecule has 3 heteroatoms. The van der Waals surface area contributed by atoms with Crippen molar-refractivity contribution in [2.45, 2.75) is 46.8 Å². The Balaban J connectivity index is 2.36. The molecule has 1 heterocycles. The van der Waals surface area contributed by atoms with Crippen LogP contribution < -0.4 is 5.32 Å². The first-order chi connectivity index (χ1) is 9.67. The van der Waals surface area contributed by atoms with Gasteiger partial charge in [-0.25, -0.2) is 0 Å². The molecule has 110 valence electrons. The van der Waals surface area contributed by atoms with Crippen LogP contribution in [0.15, 0.2) is 24.3 Å². The third kappa shape index (κ3) is 3.40. The second kappa shape index (κ2) is 7.21. The average molecular weight is 290 g/mol. The summed E-state index contributed by atoms with van der Waals surface area (Å²) in [6, 6.07) is 9.39. The van der Waals surface area contributed by atoms with Crippen molar-refractivity contribution in [2.24, 2.45) is 0 Å². The lowest BCUT2D eigenvalue weighted by molar-refractivity contribution is 0.225. The molecule has 0 amide bonds. The first-order valence-corrected chi connectivity index (χ1v) is 8.43. The Hall–Kier alpha value is -0.900. The minimum atomic E-state index is 0.589. The van der Waals surface area contributed by atoms with E-state index < -0.39 is 0 Å². The lowest BCUT2D eigenvalue weighted by atomic mass is 10.1. The molecule has 1 aromatic carbocycles. The molecule has 0 aliphatic carbocycles. The highest BCUT2D eigenvalue weighted by Gasteiger charge is 2.15. The van der Waals surface area contributed by atoms with Gasteiger partial charge in [0.15, 0.2) is 0 Å². The number of benzene rings is 1. The number of nitrogens with zero attached hydrogens (tertiary/aromatic N) is 1. The Morgan fingerprint density at radius 3 is 2.60 bits per heavy atom. The summed E-state index contributed by atoms with van der Waals surface area (Å²) in [6.45, 7) is 13.1. The largest absolute Gasteiger partial charge is 0.312 e. The Bertz CT molecular complexity index is 545. The lowest BCUT2D eigenvalue weighted by Crippen LogP contribution is -2.30. The minimum Gasteiger partial charge on any atom is -0.312 e. The van der Waals surface area contributed by atoms with Crippen molar-refractivity contribution in [3.8, 4) is 0 Å². The fourth-order valence-corrected chi connectivity index (χ4v) is 3.75. The van der Waals surface area contributed by atoms with Crippen molar-refractivity contribution in [1.29, 1.82) is 0 Å². The van der Waals surface area contributed by atoms with E-state index in [1.54, 1.807) is 0 Å². The molecule has 0 aliphatic rings. The highest BCUT2D eigenvalue weighted by Crippen LogP contribution is 2.32. The molecule has 0 bridgehead atoms. The molecule has 2 rings (SSSR count). The van der Waals surface area contributed by atoms with E-state index in [2.05, 4.69) is 62.2 Å². The van der Waals surface area contributed by atoms with Crippen LogP contribution in [0.4, 0.5) is 0 Å². The van der Waals surface area contributed by atoms with Gasteiger partial charge in [0.05, 0.1) is 0 Å². The van der Waals surface area contributed by atoms with Gasteiger partial charge >= 0.3 is 0 Å². The van der Waals surface area contributed by atoms with Crippen LogP contribution in [0.5, 0.6) is 0 Å². The molecule has 0 radical (unpaired) electrons. The van der Waals surface area contributed by atoms with E-state index in [1.807, 2.05) is 11.3 Å². The number of nitrogens with one attached hydrogen (secondary N) is 1. The zero-order chi connectivity index (χ0) is 14.5. The summed E-state index contributed by atoms with van der Waals surface area (Å²) in [5.41, 5.74) is 1.52. The minimum absolute atomic E-state index is 0.589. The SMILES string of the molecule is CCNCc1sc2ccccc2c1CN(CC)C(C)C. The zero-order valence-corrected chi connectivity index (χ0v) is 13.9. The molecule has 1 N–H and O–H groups in total. The highest BCUT2D eigenvalue weighted by molar-refractivity contribution is 7.19. The maximum atomic E-state index is 3.48. The van der Waals surface area contributed by atoms with Crippen LogP contribution in [0.2, 0.25) is 0 Å². The summed E-state index contributed by atoms with van der Waals surface area (Å²) in [5.74, 6) is 0. The van der Waals surface area contributed by atoms with Gasteiger partial charge in [-0.15, -0.1) is 11.3 Å². The van der Waals surface area contributed by atoms with Gasteiger partial charge in [0.2, 0.25) is 0 Å². The summed E-state index contributed by atoms with van der Waals surface area (Å²) < 4.78 is 1.41. The van der Waals surface area contributed by atoms with E-state index in [1.165, 1.54) is 20.5 Å². The summed E-state index contributed by atoms with van der Waals surface area (Å²) in [4.78, 5) is 4.02. The first kappa shape index (κ1) is 15.5. The van der Waals surface area contributed by atoms with Gasteiger partial charge in [-0.2, -0.15) is 0 Å². The molecular weight excluding hydrogens is 264 g/mol. The van der Waals surface area contributed by atoms with Crippen molar-refractivity contribution in [2.75, 3.05) is 13.1 Å². The summed E-state index contributed by atoms with van der Waals surface area (Å²) in [6.07, 6.45) is 0. The van der Waals surface area contributed by atoms with E-state index >= 15 is 0 Å². The zero-order valence-electron chi connectivity index (χ0n) is 13.1. The Morgan fingerprint density at radius 2 is 1.95 bits per heavy atom. The molecule has 0 fully saturated rings. The van der Waals surface area contributed by atoms with Gasteiger partial charge in [0, 0.05) is 28.7 Å². The number of thiophene rings is 1. The Kier molecular flexibility index (Phi) is 5.58. The highest BCUT2D eigenvalue weighted by atomic mass is 32.1. The molecule has 0 spiro atoms. The molecule has 2 aromatic rings. The molecule has 20 heavy (non-hydrogen) atoms. The van der Waals surface area contributed by atoms with Crippen molar-refractivity contribution in [3.05, 3.63) is 34.7 Å². The van der Waals surface area contributed by atoms with E-state index in [0.29, 0.717) is 6.04 Å². The second-order valence-electron chi connectivity index (χ2n) is 5.44. The van der Waals surface area contributed by atoms with Crippen LogP contribution in [0.1, 0.15) is 38.1 Å². The Morgan fingerprint density at radius 1 is 1.20 bits per heavy atom. The van der Waals surface area contributed by atoms with Crippen molar-refractivity contribution in [1.82, 2.24) is 10.2 Å². The van der Waals surface area contributed by atoms with Crippen LogP contribution in [0.25, 0.3) is 10.1 Å². The van der Waals surface area contributed by atoms with Gasteiger partial charge in [-0.05, 0) is 44.0 Å². The monoisotopic (exact) mass is 290 g/mol. The van der Waals surface area contributed by atoms with Crippen LogP contribution in [0.3, 0.4) is 0 Å². The average Bonchev–Trinajstić information content (AvgIpc) is 2.79. The van der Waals surface area contributed by atoms with Crippen LogP contribution in [0, 0.1) is 0 Å². The number of hydrogen-bond acceptors (Lipinski definition) is 3. The number of rotatable bonds is 7. The summed E-state index contributed by atoms with van der Waals surface area (Å²) in [5, 5.41) is 4.91. The first-order valence-electron chi connectivity index (χ1n) is 7.61. The maximum Gasteiger partial charge on any atom is 0.0349 e. The van der Waals surface area contributed by atoms with E-state index in [4.69, 9.17) is 0 Å². The molecular formula is C17H26N2S. The molecule has 1 aromatic heterocycles. The smallest absolute Gasteiger partial charge is 0.0349 e. The fraction of sp³-hybridized carbons (Fsp3) is 0.529. The van der Waals surface area contributed by atoms with Crippen molar-refractivity contribution < 1.29 is 0 Å². The van der Waals surface area contributed by atoms with Crippen LogP contribution >= 0.6 is 11.3 Å². The standard InChI is InChI=1S/C17H26N2S/c1-5-18-11-17-15(12-19(6-2)13(3)4)14-9-7-8-10-16(14)20-17/h7-10,13,18H,5-6,11-12H2,1-4H3. The summed E-state index contributed by atoms with van der Waals surface area (Å²) in [7, 11) is 0. The normalized spacial score (nSPS) is 11.9. The van der Waals surface area contributed by atoms with Gasteiger partial charge in [-0.3, -0.25) is 4.90 Å². The van der Waals surface area contributed by atoms with E-state index in [9.17, 15) is 0 Å². The van der Waals surface area contributed by atoms with Crippen LogP contribution in [-0.4, -0.2) is 24.0 Å². The number of fused-ring (bicyclic) bond motifs is 1. The quantitative estimate of drug-likeness (QED) is 0.820. The molecule has 2 nitrogen and oxygen atoms in total. The van der Waals surface area contributed by atoms with Gasteiger partial charge < -0.3 is 5.32 Å². The summed E-state index contributed by atoms with van der Waals surface area (Å²) >= 11 is 1.94. The van der Waals surface area contributed by atoms with Gasteiger partial charge in [0.25, 0.3) is 0 Å². The molecule has 0 unspecified atom stereocenters. The van der Waals surface area contributed by atoms with E-state index in [-0.39, 0.29) is 0 Å². The molecule has 0 saturated carbocycles. The number of hydrogen-bond donors (Lipinski definition) is 1. The predicted octanol–water partition coefficient (Wildman–Crippen LogP) is 4.24. The topological polar surface area (TPSA) is 15.3 Å². The predicted molar refractivity (Wildman–Crippen MR) is 90.4 cm³/mol. The lowest BCUT2D eigenvalue weighted by Gasteiger charge is -2.25.